The van der Waals surface area contributed by atoms with Crippen molar-refractivity contribution < 1.29 is 9.47 Å². The topological polar surface area (TPSA) is 64.2 Å². The molecule has 0 aliphatic heterocycles. The number of H-pyrrole nitrogens is 1. The molecular weight excluding hydrogens is 463 g/mol. The third-order valence-corrected chi connectivity index (χ3v) is 6.43. The Balaban J connectivity index is 1.86. The van der Waals surface area contributed by atoms with Crippen LogP contribution in [0.4, 0.5) is 0 Å². The lowest BCUT2D eigenvalue weighted by molar-refractivity contribution is 0.354. The van der Waals surface area contributed by atoms with Crippen molar-refractivity contribution in [2.24, 2.45) is 0 Å². The largest absolute Gasteiger partial charge is 0.493 e. The van der Waals surface area contributed by atoms with Crippen molar-refractivity contribution in [2.75, 3.05) is 14.2 Å². The molecule has 1 atom stereocenters. The van der Waals surface area contributed by atoms with Gasteiger partial charge in [-0.3, -0.25) is 4.79 Å². The number of benzene rings is 1. The molecule has 0 bridgehead atoms. The number of methoxy groups -OCH3 is 2. The molecule has 5 nitrogen and oxygen atoms in total. The van der Waals surface area contributed by atoms with E-state index in [2.05, 4.69) is 39.7 Å². The second kappa shape index (κ2) is 8.94. The summed E-state index contributed by atoms with van der Waals surface area (Å²) >= 11 is 3.69. The Hall–Kier alpha value is -1.48. The quantitative estimate of drug-likeness (QED) is 0.379. The normalized spacial score (nSPS) is 16.5. The number of nitrogens with zero attached hydrogens (tertiary/aromatic N) is 1. The van der Waals surface area contributed by atoms with Crippen LogP contribution in [0.1, 0.15) is 30.5 Å². The highest BCUT2D eigenvalue weighted by atomic mass is 127. The fourth-order valence-corrected chi connectivity index (χ4v) is 4.38. The SMILES string of the molecule is COc1ccc(Cc2nc(SC3C=CCCC3)[nH]c(=O)c2I)cc1OC. The predicted molar refractivity (Wildman–Crippen MR) is 113 cm³/mol. The molecule has 3 rings (SSSR count). The third-order valence-electron chi connectivity index (χ3n) is 4.20. The van der Waals surface area contributed by atoms with Gasteiger partial charge in [-0.05, 0) is 59.5 Å². The molecule has 0 amide bonds. The second-order valence-corrected chi connectivity index (χ2v) is 8.32. The number of hydrogen-bond acceptors (Lipinski definition) is 5. The van der Waals surface area contributed by atoms with Gasteiger partial charge in [-0.1, -0.05) is 30.0 Å². The van der Waals surface area contributed by atoms with E-state index in [9.17, 15) is 4.79 Å². The van der Waals surface area contributed by atoms with Gasteiger partial charge in [0, 0.05) is 11.7 Å². The number of aromatic nitrogens is 2. The standard InChI is InChI=1S/C19H21IN2O3S/c1-24-15-9-8-12(11-16(15)25-2)10-14-17(20)18(23)22-19(21-14)26-13-6-4-3-5-7-13/h4,6,8-9,11,13H,3,5,7,10H2,1-2H3,(H,21,22,23). The minimum atomic E-state index is -0.0848. The molecule has 0 radical (unpaired) electrons. The van der Waals surface area contributed by atoms with E-state index < -0.39 is 0 Å². The van der Waals surface area contributed by atoms with Gasteiger partial charge >= 0.3 is 0 Å². The average molecular weight is 484 g/mol. The first-order valence-corrected chi connectivity index (χ1v) is 10.4. The lowest BCUT2D eigenvalue weighted by Gasteiger charge is -2.15. The van der Waals surface area contributed by atoms with Gasteiger partial charge < -0.3 is 14.5 Å². The van der Waals surface area contributed by atoms with E-state index in [-0.39, 0.29) is 5.56 Å². The van der Waals surface area contributed by atoms with Crippen LogP contribution in [-0.4, -0.2) is 29.4 Å². The number of nitrogens with one attached hydrogen (secondary N) is 1. The lowest BCUT2D eigenvalue weighted by Crippen LogP contribution is -2.17. The Kier molecular flexibility index (Phi) is 6.63. The Bertz CT molecular complexity index is 866. The number of thioether (sulfide) groups is 1. The number of rotatable bonds is 6. The molecule has 1 aromatic heterocycles. The predicted octanol–water partition coefficient (Wildman–Crippen LogP) is 4.18. The van der Waals surface area contributed by atoms with Gasteiger partial charge in [0.15, 0.2) is 16.7 Å². The molecule has 2 aromatic rings. The molecule has 0 spiro atoms. The van der Waals surface area contributed by atoms with Crippen molar-refractivity contribution >= 4 is 34.4 Å². The van der Waals surface area contributed by atoms with Gasteiger partial charge in [-0.2, -0.15) is 0 Å². The summed E-state index contributed by atoms with van der Waals surface area (Å²) in [4.78, 5) is 20.0. The van der Waals surface area contributed by atoms with Crippen LogP contribution >= 0.6 is 34.4 Å². The van der Waals surface area contributed by atoms with Crippen molar-refractivity contribution in [1.29, 1.82) is 0 Å². The van der Waals surface area contributed by atoms with Crippen LogP contribution in [0.15, 0.2) is 40.3 Å². The highest BCUT2D eigenvalue weighted by Gasteiger charge is 2.15. The molecule has 1 unspecified atom stereocenters. The van der Waals surface area contributed by atoms with Crippen LogP contribution < -0.4 is 15.0 Å². The minimum absolute atomic E-state index is 0.0848. The molecule has 0 fully saturated rings. The summed E-state index contributed by atoms with van der Waals surface area (Å²) in [6.07, 6.45) is 8.41. The van der Waals surface area contributed by atoms with Crippen LogP contribution in [0.5, 0.6) is 11.5 Å². The molecule has 1 heterocycles. The number of halogens is 1. The van der Waals surface area contributed by atoms with Crippen LogP contribution in [0.25, 0.3) is 0 Å². The van der Waals surface area contributed by atoms with Gasteiger partial charge in [0.05, 0.1) is 19.9 Å². The summed E-state index contributed by atoms with van der Waals surface area (Å²) in [6, 6.07) is 5.77. The Morgan fingerprint density at radius 2 is 2.12 bits per heavy atom. The molecule has 1 aliphatic rings. The molecule has 1 N–H and O–H groups in total. The first kappa shape index (κ1) is 19.3. The lowest BCUT2D eigenvalue weighted by atomic mass is 10.1. The summed E-state index contributed by atoms with van der Waals surface area (Å²) in [7, 11) is 3.23. The maximum absolute atomic E-state index is 12.3. The molecular formula is C19H21IN2O3S. The smallest absolute Gasteiger partial charge is 0.265 e. The zero-order chi connectivity index (χ0) is 18.5. The van der Waals surface area contributed by atoms with Crippen LogP contribution in [0, 0.1) is 3.57 Å². The van der Waals surface area contributed by atoms with Gasteiger partial charge in [-0.15, -0.1) is 0 Å². The van der Waals surface area contributed by atoms with Gasteiger partial charge in [-0.25, -0.2) is 4.98 Å². The van der Waals surface area contributed by atoms with E-state index in [1.165, 1.54) is 6.42 Å². The highest BCUT2D eigenvalue weighted by molar-refractivity contribution is 14.1. The number of allylic oxidation sites excluding steroid dienone is 1. The summed E-state index contributed by atoms with van der Waals surface area (Å²) in [5, 5.41) is 1.06. The summed E-state index contributed by atoms with van der Waals surface area (Å²) in [5.74, 6) is 1.36. The zero-order valence-corrected chi connectivity index (χ0v) is 17.7. The van der Waals surface area contributed by atoms with E-state index in [0.717, 1.165) is 24.1 Å². The Labute approximate surface area is 170 Å². The molecule has 0 saturated heterocycles. The van der Waals surface area contributed by atoms with Crippen molar-refractivity contribution in [3.63, 3.8) is 0 Å². The van der Waals surface area contributed by atoms with E-state index in [4.69, 9.17) is 14.5 Å². The van der Waals surface area contributed by atoms with Crippen molar-refractivity contribution in [1.82, 2.24) is 9.97 Å². The first-order valence-electron chi connectivity index (χ1n) is 8.43. The second-order valence-electron chi connectivity index (χ2n) is 6.01. The van der Waals surface area contributed by atoms with E-state index in [0.29, 0.717) is 31.9 Å². The van der Waals surface area contributed by atoms with Gasteiger partial charge in [0.2, 0.25) is 0 Å². The summed E-state index contributed by atoms with van der Waals surface area (Å²) < 4.78 is 11.3. The Morgan fingerprint density at radius 3 is 2.81 bits per heavy atom. The third kappa shape index (κ3) is 4.62. The van der Waals surface area contributed by atoms with Crippen LogP contribution in [-0.2, 0) is 6.42 Å². The fraction of sp³-hybridized carbons (Fsp3) is 0.368. The summed E-state index contributed by atoms with van der Waals surface area (Å²) in [6.45, 7) is 0. The highest BCUT2D eigenvalue weighted by Crippen LogP contribution is 2.30. The number of hydrogen-bond donors (Lipinski definition) is 1. The summed E-state index contributed by atoms with van der Waals surface area (Å²) in [5.41, 5.74) is 1.72. The van der Waals surface area contributed by atoms with Gasteiger partial charge in [0.25, 0.3) is 5.56 Å². The first-order chi connectivity index (χ1) is 12.6. The fourth-order valence-electron chi connectivity index (χ4n) is 2.86. The van der Waals surface area contributed by atoms with E-state index >= 15 is 0 Å². The van der Waals surface area contributed by atoms with Crippen molar-refractivity contribution in [2.45, 2.75) is 36.1 Å². The maximum Gasteiger partial charge on any atom is 0.265 e. The number of ether oxygens (including phenoxy) is 2. The molecule has 26 heavy (non-hydrogen) atoms. The molecule has 1 aromatic carbocycles. The maximum atomic E-state index is 12.3. The van der Waals surface area contributed by atoms with Crippen LogP contribution in [0.3, 0.4) is 0 Å². The minimum Gasteiger partial charge on any atom is -0.493 e. The molecule has 0 saturated carbocycles. The van der Waals surface area contributed by atoms with Crippen LogP contribution in [0.2, 0.25) is 0 Å². The molecule has 1 aliphatic carbocycles. The van der Waals surface area contributed by atoms with E-state index in [1.54, 1.807) is 26.0 Å². The van der Waals surface area contributed by atoms with Gasteiger partial charge in [0.1, 0.15) is 3.57 Å². The van der Waals surface area contributed by atoms with Crippen molar-refractivity contribution in [3.8, 4) is 11.5 Å². The monoisotopic (exact) mass is 484 g/mol. The van der Waals surface area contributed by atoms with E-state index in [1.807, 2.05) is 18.2 Å². The zero-order valence-electron chi connectivity index (χ0n) is 14.8. The molecule has 138 valence electrons. The Morgan fingerprint density at radius 1 is 1.31 bits per heavy atom. The van der Waals surface area contributed by atoms with Crippen molar-refractivity contribution in [3.05, 3.63) is 55.5 Å². The molecule has 7 heteroatoms. The average Bonchev–Trinajstić information content (AvgIpc) is 2.66. The number of aromatic amines is 1.